The second-order valence-electron chi connectivity index (χ2n) is 7.95. The van der Waals surface area contributed by atoms with Crippen LogP contribution in [-0.4, -0.2) is 9.49 Å². The zero-order valence-corrected chi connectivity index (χ0v) is 19.4. The van der Waals surface area contributed by atoms with Crippen molar-refractivity contribution in [3.05, 3.63) is 73.3 Å². The molecule has 1 aliphatic carbocycles. The highest BCUT2D eigenvalue weighted by molar-refractivity contribution is 9.10. The number of halogens is 1. The van der Waals surface area contributed by atoms with E-state index in [0.29, 0.717) is 23.6 Å². The Hall–Kier alpha value is -2.25. The van der Waals surface area contributed by atoms with Crippen LogP contribution in [0.4, 0.5) is 11.4 Å². The lowest BCUT2D eigenvalue weighted by molar-refractivity contribution is -0.384. The van der Waals surface area contributed by atoms with E-state index in [-0.39, 0.29) is 10.6 Å². The first-order valence-electron chi connectivity index (χ1n) is 10.2. The molecule has 3 atom stereocenters. The van der Waals surface area contributed by atoms with E-state index in [1.807, 2.05) is 18.2 Å². The summed E-state index contributed by atoms with van der Waals surface area (Å²) in [7, 11) is 0. The van der Waals surface area contributed by atoms with Crippen molar-refractivity contribution in [1.82, 2.24) is 4.57 Å². The van der Waals surface area contributed by atoms with Gasteiger partial charge < -0.3 is 4.57 Å². The van der Waals surface area contributed by atoms with Gasteiger partial charge in [-0.1, -0.05) is 73.0 Å². The molecule has 4 rings (SSSR count). The number of para-hydroxylation sites is 2. The minimum Gasteiger partial charge on any atom is -0.313 e. The molecule has 1 aliphatic rings. The highest BCUT2D eigenvalue weighted by atomic mass is 79.9. The number of nitro groups is 1. The van der Waals surface area contributed by atoms with E-state index < -0.39 is 0 Å². The standard InChI is InChI=1S/C23H24BrN3O2S/c1-15-8-7-13-20(16(15)2)26-22(17-9-3-4-10-18(17)24)14-30-23(26)25-19-11-5-6-12-21(19)27(28)29/h3-6,9-12,14-16,20H,7-8,13H2,1-2H3. The number of benzene rings is 2. The zero-order valence-electron chi connectivity index (χ0n) is 17.0. The van der Waals surface area contributed by atoms with Gasteiger partial charge in [-0.15, -0.1) is 11.3 Å². The number of rotatable bonds is 4. The average Bonchev–Trinajstić information content (AvgIpc) is 3.13. The van der Waals surface area contributed by atoms with Gasteiger partial charge in [0.1, 0.15) is 5.69 Å². The molecule has 0 saturated heterocycles. The molecule has 5 nitrogen and oxygen atoms in total. The van der Waals surface area contributed by atoms with Crippen LogP contribution in [0.5, 0.6) is 0 Å². The molecule has 0 radical (unpaired) electrons. The van der Waals surface area contributed by atoms with E-state index in [4.69, 9.17) is 4.99 Å². The second-order valence-corrected chi connectivity index (χ2v) is 9.64. The molecule has 3 unspecified atom stereocenters. The predicted octanol–water partition coefficient (Wildman–Crippen LogP) is 7.12. The van der Waals surface area contributed by atoms with Crippen molar-refractivity contribution >= 4 is 38.6 Å². The van der Waals surface area contributed by atoms with Gasteiger partial charge in [0.15, 0.2) is 4.80 Å². The lowest BCUT2D eigenvalue weighted by Gasteiger charge is -2.36. The third kappa shape index (κ3) is 4.01. The predicted molar refractivity (Wildman–Crippen MR) is 125 cm³/mol. The Balaban J connectivity index is 1.95. The molecule has 1 fully saturated rings. The minimum absolute atomic E-state index is 0.0324. The third-order valence-corrected chi connectivity index (χ3v) is 7.71. The number of thiazole rings is 1. The van der Waals surface area contributed by atoms with Gasteiger partial charge in [0.25, 0.3) is 5.69 Å². The number of nitro benzene ring substituents is 1. The number of nitrogens with zero attached hydrogens (tertiary/aromatic N) is 3. The second kappa shape index (κ2) is 8.86. The molecular formula is C23H24BrN3O2S. The molecule has 1 saturated carbocycles. The van der Waals surface area contributed by atoms with Crippen molar-refractivity contribution in [2.75, 3.05) is 0 Å². The molecule has 1 aromatic heterocycles. The van der Waals surface area contributed by atoms with Gasteiger partial charge >= 0.3 is 0 Å². The van der Waals surface area contributed by atoms with Crippen LogP contribution in [0.3, 0.4) is 0 Å². The van der Waals surface area contributed by atoms with Crippen LogP contribution in [0.15, 0.2) is 63.4 Å². The summed E-state index contributed by atoms with van der Waals surface area (Å²) in [4.78, 5) is 16.7. The molecule has 2 aromatic carbocycles. The highest BCUT2D eigenvalue weighted by Crippen LogP contribution is 2.40. The molecule has 30 heavy (non-hydrogen) atoms. The Bertz CT molecular complexity index is 1140. The van der Waals surface area contributed by atoms with Crippen LogP contribution >= 0.6 is 27.3 Å². The smallest absolute Gasteiger partial charge is 0.294 e. The van der Waals surface area contributed by atoms with Crippen LogP contribution in [0.2, 0.25) is 0 Å². The summed E-state index contributed by atoms with van der Waals surface area (Å²) in [5.74, 6) is 1.13. The summed E-state index contributed by atoms with van der Waals surface area (Å²) >= 11 is 5.24. The first kappa shape index (κ1) is 21.0. The van der Waals surface area contributed by atoms with Gasteiger partial charge in [-0.3, -0.25) is 10.1 Å². The van der Waals surface area contributed by atoms with E-state index in [2.05, 4.69) is 45.8 Å². The van der Waals surface area contributed by atoms with Crippen LogP contribution in [0.1, 0.15) is 39.2 Å². The monoisotopic (exact) mass is 485 g/mol. The van der Waals surface area contributed by atoms with Crippen LogP contribution in [0, 0.1) is 22.0 Å². The summed E-state index contributed by atoms with van der Waals surface area (Å²) in [6.45, 7) is 4.64. The molecule has 0 N–H and O–H groups in total. The van der Waals surface area contributed by atoms with Gasteiger partial charge in [0.05, 0.1) is 10.6 Å². The van der Waals surface area contributed by atoms with Crippen molar-refractivity contribution in [3.8, 4) is 11.3 Å². The molecule has 1 heterocycles. The van der Waals surface area contributed by atoms with Gasteiger partial charge in [0, 0.05) is 27.5 Å². The molecule has 156 valence electrons. The fourth-order valence-electron chi connectivity index (χ4n) is 4.32. The number of aromatic nitrogens is 1. The molecule has 3 aromatic rings. The highest BCUT2D eigenvalue weighted by Gasteiger charge is 2.31. The topological polar surface area (TPSA) is 60.4 Å². The van der Waals surface area contributed by atoms with Crippen molar-refractivity contribution in [2.45, 2.75) is 39.2 Å². The average molecular weight is 486 g/mol. The van der Waals surface area contributed by atoms with Gasteiger partial charge in [0.2, 0.25) is 0 Å². The van der Waals surface area contributed by atoms with Gasteiger partial charge in [-0.2, -0.15) is 0 Å². The fourth-order valence-corrected chi connectivity index (χ4v) is 5.77. The normalized spacial score (nSPS) is 22.2. The first-order valence-corrected chi connectivity index (χ1v) is 11.9. The largest absolute Gasteiger partial charge is 0.313 e. The number of hydrogen-bond acceptors (Lipinski definition) is 4. The summed E-state index contributed by atoms with van der Waals surface area (Å²) in [6.07, 6.45) is 3.51. The maximum Gasteiger partial charge on any atom is 0.294 e. The zero-order chi connectivity index (χ0) is 21.3. The maximum absolute atomic E-state index is 11.5. The maximum atomic E-state index is 11.5. The van der Waals surface area contributed by atoms with Gasteiger partial charge in [-0.25, -0.2) is 4.99 Å². The summed E-state index contributed by atoms with van der Waals surface area (Å²) in [5, 5.41) is 13.6. The summed E-state index contributed by atoms with van der Waals surface area (Å²) in [5.41, 5.74) is 2.65. The quantitative estimate of drug-likeness (QED) is 0.291. The van der Waals surface area contributed by atoms with Crippen molar-refractivity contribution in [1.29, 1.82) is 0 Å². The third-order valence-electron chi connectivity index (χ3n) is 6.18. The van der Waals surface area contributed by atoms with E-state index in [0.717, 1.165) is 27.0 Å². The molecule has 0 aliphatic heterocycles. The Morgan fingerprint density at radius 1 is 1.13 bits per heavy atom. The van der Waals surface area contributed by atoms with Crippen LogP contribution in [-0.2, 0) is 0 Å². The Morgan fingerprint density at radius 3 is 2.63 bits per heavy atom. The summed E-state index contributed by atoms with van der Waals surface area (Å²) < 4.78 is 3.35. The Kier molecular flexibility index (Phi) is 6.20. The SMILES string of the molecule is CC1CCCC(n2c(-c3ccccc3Br)csc2=Nc2ccccc2[N+](=O)[O-])C1C. The van der Waals surface area contributed by atoms with Gasteiger partial charge in [-0.05, 0) is 30.4 Å². The molecule has 0 spiro atoms. The minimum atomic E-state index is -0.364. The summed E-state index contributed by atoms with van der Waals surface area (Å²) in [6, 6.07) is 15.2. The van der Waals surface area contributed by atoms with E-state index in [9.17, 15) is 10.1 Å². The first-order chi connectivity index (χ1) is 14.5. The lowest BCUT2D eigenvalue weighted by atomic mass is 9.78. The van der Waals surface area contributed by atoms with Crippen LogP contribution < -0.4 is 4.80 Å². The van der Waals surface area contributed by atoms with E-state index in [1.54, 1.807) is 29.5 Å². The molecule has 0 amide bonds. The molecule has 7 heteroatoms. The van der Waals surface area contributed by atoms with E-state index in [1.165, 1.54) is 18.9 Å². The molecular weight excluding hydrogens is 462 g/mol. The van der Waals surface area contributed by atoms with Crippen molar-refractivity contribution < 1.29 is 4.92 Å². The van der Waals surface area contributed by atoms with Crippen molar-refractivity contribution in [3.63, 3.8) is 0 Å². The fraction of sp³-hybridized carbons (Fsp3) is 0.348. The van der Waals surface area contributed by atoms with Crippen molar-refractivity contribution in [2.24, 2.45) is 16.8 Å². The van der Waals surface area contributed by atoms with E-state index >= 15 is 0 Å². The number of hydrogen-bond donors (Lipinski definition) is 0. The Labute approximate surface area is 188 Å². The Morgan fingerprint density at radius 2 is 1.87 bits per heavy atom. The van der Waals surface area contributed by atoms with Crippen LogP contribution in [0.25, 0.3) is 11.3 Å². The lowest BCUT2D eigenvalue weighted by Crippen LogP contribution is -2.32. The molecule has 0 bridgehead atoms.